The van der Waals surface area contributed by atoms with E-state index in [0.29, 0.717) is 17.0 Å². The van der Waals surface area contributed by atoms with Gasteiger partial charge in [0.15, 0.2) is 0 Å². The topological polar surface area (TPSA) is 142 Å². The van der Waals surface area contributed by atoms with Crippen molar-refractivity contribution >= 4 is 22.7 Å². The molecule has 236 valence electrons. The van der Waals surface area contributed by atoms with E-state index in [4.69, 9.17) is 15.2 Å². The number of carbonyl (C=O) groups is 2. The van der Waals surface area contributed by atoms with Crippen molar-refractivity contribution in [2.24, 2.45) is 5.73 Å². The largest absolute Gasteiger partial charge is 0.494 e. The van der Waals surface area contributed by atoms with Crippen LogP contribution in [0.1, 0.15) is 47.4 Å². The maximum Gasteiger partial charge on any atom is 0.424 e. The number of methoxy groups -OCH3 is 1. The summed E-state index contributed by atoms with van der Waals surface area (Å²) in [7, 11) is 1.36. The average Bonchev–Trinajstić information content (AvgIpc) is 3.66. The van der Waals surface area contributed by atoms with E-state index < -0.39 is 70.7 Å². The van der Waals surface area contributed by atoms with Crippen LogP contribution in [0, 0.1) is 11.6 Å². The van der Waals surface area contributed by atoms with Crippen LogP contribution in [-0.2, 0) is 15.8 Å². The number of benzene rings is 2. The van der Waals surface area contributed by atoms with Crippen molar-refractivity contribution in [2.45, 2.75) is 43.0 Å². The predicted molar refractivity (Wildman–Crippen MR) is 148 cm³/mol. The minimum Gasteiger partial charge on any atom is -0.494 e. The second-order valence-corrected chi connectivity index (χ2v) is 11.3. The number of amides is 2. The number of fused-ring (bicyclic) bond motifs is 2. The van der Waals surface area contributed by atoms with Gasteiger partial charge in [0, 0.05) is 28.3 Å². The highest BCUT2D eigenvalue weighted by atomic mass is 19.4. The minimum atomic E-state index is -5.46. The second-order valence-electron chi connectivity index (χ2n) is 11.3. The highest BCUT2D eigenvalue weighted by Crippen LogP contribution is 2.48. The zero-order valence-corrected chi connectivity index (χ0v) is 23.8. The van der Waals surface area contributed by atoms with E-state index in [1.54, 1.807) is 10.9 Å². The van der Waals surface area contributed by atoms with Crippen molar-refractivity contribution < 1.29 is 46.1 Å². The summed E-state index contributed by atoms with van der Waals surface area (Å²) >= 11 is 0. The number of aromatic nitrogens is 3. The van der Waals surface area contributed by atoms with Crippen molar-refractivity contribution in [1.29, 1.82) is 0 Å². The SMILES string of the molecule is COc1cc(C(=O)NCC(O)(c2cc3c(c(-c4cc(F)ccc4F)n2)OC[C@]3(C)C(N)=O)C(F)(F)F)cc2cn(C3CC3)nc12. The van der Waals surface area contributed by atoms with Crippen LogP contribution in [0.3, 0.4) is 0 Å². The van der Waals surface area contributed by atoms with Gasteiger partial charge >= 0.3 is 6.18 Å². The first kappa shape index (κ1) is 30.2. The molecule has 2 aliphatic rings. The Hall–Kier alpha value is -4.79. The summed E-state index contributed by atoms with van der Waals surface area (Å²) in [6.45, 7) is -0.586. The van der Waals surface area contributed by atoms with Crippen molar-refractivity contribution in [3.8, 4) is 22.8 Å². The van der Waals surface area contributed by atoms with Gasteiger partial charge < -0.3 is 25.6 Å². The summed E-state index contributed by atoms with van der Waals surface area (Å²) < 4.78 is 85.8. The van der Waals surface area contributed by atoms with Gasteiger partial charge in [-0.3, -0.25) is 14.3 Å². The molecule has 1 unspecified atom stereocenters. The Kier molecular flexibility index (Phi) is 6.99. The number of alkyl halides is 3. The van der Waals surface area contributed by atoms with Crippen LogP contribution in [0.4, 0.5) is 22.0 Å². The number of carbonyl (C=O) groups excluding carboxylic acids is 2. The Labute approximate surface area is 251 Å². The monoisotopic (exact) mass is 631 g/mol. The number of aliphatic hydroxyl groups is 1. The van der Waals surface area contributed by atoms with Crippen LogP contribution >= 0.6 is 0 Å². The number of rotatable bonds is 8. The zero-order chi connectivity index (χ0) is 32.5. The molecular formula is C30H26F5N5O5. The Morgan fingerprint density at radius 2 is 1.93 bits per heavy atom. The van der Waals surface area contributed by atoms with Gasteiger partial charge in [0.05, 0.1) is 25.4 Å². The number of hydrogen-bond acceptors (Lipinski definition) is 7. The summed E-state index contributed by atoms with van der Waals surface area (Å²) in [5.74, 6) is -4.04. The third-order valence-electron chi connectivity index (χ3n) is 8.19. The molecule has 4 N–H and O–H groups in total. The lowest BCUT2D eigenvalue weighted by atomic mass is 9.81. The lowest BCUT2D eigenvalue weighted by Gasteiger charge is -2.31. The third kappa shape index (κ3) is 5.00. The molecule has 1 saturated carbocycles. The molecule has 45 heavy (non-hydrogen) atoms. The van der Waals surface area contributed by atoms with E-state index >= 15 is 0 Å². The van der Waals surface area contributed by atoms with Crippen LogP contribution in [0.2, 0.25) is 0 Å². The highest BCUT2D eigenvalue weighted by Gasteiger charge is 2.58. The normalized spacial score (nSPS) is 19.1. The number of halogens is 5. The number of nitrogens with one attached hydrogen (secondary N) is 1. The standard InChI is InChI=1S/C30H26F5N5O5/c1-28(27(36)42)13-45-25-19(28)10-22(38-24(25)18-9-16(31)3-6-20(18)32)29(43,30(33,34)35)12-37-26(41)14-7-15-11-40(17-4-5-17)39-23(15)21(8-14)44-2/h3,6-11,17,43H,4-5,12-13H2,1-2H3,(H2,36,42)(H,37,41)/t28-,29?/m0/s1. The molecule has 4 aromatic rings. The minimum absolute atomic E-state index is 0.0710. The van der Waals surface area contributed by atoms with Crippen molar-refractivity contribution in [3.05, 3.63) is 71.1 Å². The lowest BCUT2D eigenvalue weighted by Crippen LogP contribution is -2.51. The van der Waals surface area contributed by atoms with E-state index in [1.165, 1.54) is 26.2 Å². The van der Waals surface area contributed by atoms with E-state index in [1.807, 2.05) is 0 Å². The zero-order valence-electron chi connectivity index (χ0n) is 23.8. The van der Waals surface area contributed by atoms with Gasteiger partial charge in [0.25, 0.3) is 5.91 Å². The Bertz CT molecular complexity index is 1870. The quantitative estimate of drug-likeness (QED) is 0.249. The molecule has 2 atom stereocenters. The van der Waals surface area contributed by atoms with Crippen LogP contribution in [0.25, 0.3) is 22.2 Å². The highest BCUT2D eigenvalue weighted by molar-refractivity contribution is 6.00. The Morgan fingerprint density at radius 3 is 2.58 bits per heavy atom. The van der Waals surface area contributed by atoms with Gasteiger partial charge in [0.1, 0.15) is 46.4 Å². The van der Waals surface area contributed by atoms with Crippen LogP contribution in [0.15, 0.2) is 42.6 Å². The second kappa shape index (κ2) is 10.4. The van der Waals surface area contributed by atoms with Gasteiger partial charge in [-0.15, -0.1) is 0 Å². The summed E-state index contributed by atoms with van der Waals surface area (Å²) in [5, 5.41) is 18.3. The molecule has 1 fully saturated rings. The van der Waals surface area contributed by atoms with Gasteiger partial charge in [-0.25, -0.2) is 13.8 Å². The molecule has 2 aromatic heterocycles. The number of hydrogen-bond donors (Lipinski definition) is 3. The van der Waals surface area contributed by atoms with Crippen molar-refractivity contribution in [2.75, 3.05) is 20.3 Å². The van der Waals surface area contributed by atoms with Crippen LogP contribution in [-0.4, -0.2) is 58.1 Å². The number of pyridine rings is 1. The maximum absolute atomic E-state index is 14.9. The van der Waals surface area contributed by atoms with Gasteiger partial charge in [-0.1, -0.05) is 0 Å². The maximum atomic E-state index is 14.9. The number of nitrogens with zero attached hydrogens (tertiary/aromatic N) is 3. The molecular weight excluding hydrogens is 605 g/mol. The first-order valence-corrected chi connectivity index (χ1v) is 13.7. The summed E-state index contributed by atoms with van der Waals surface area (Å²) in [4.78, 5) is 29.5. The molecule has 0 spiro atoms. The Balaban J connectivity index is 1.42. The fourth-order valence-corrected chi connectivity index (χ4v) is 5.24. The van der Waals surface area contributed by atoms with E-state index in [2.05, 4.69) is 15.4 Å². The molecule has 10 nitrogen and oxygen atoms in total. The number of nitrogens with two attached hydrogens (primary N) is 1. The fourth-order valence-electron chi connectivity index (χ4n) is 5.24. The smallest absolute Gasteiger partial charge is 0.424 e. The van der Waals surface area contributed by atoms with Crippen molar-refractivity contribution in [1.82, 2.24) is 20.1 Å². The molecule has 0 radical (unpaired) electrons. The van der Waals surface area contributed by atoms with Gasteiger partial charge in [-0.2, -0.15) is 18.3 Å². The molecule has 3 heterocycles. The fraction of sp³-hybridized carbons (Fsp3) is 0.333. The third-order valence-corrected chi connectivity index (χ3v) is 8.19. The average molecular weight is 632 g/mol. The molecule has 6 rings (SSSR count). The lowest BCUT2D eigenvalue weighted by molar-refractivity contribution is -0.265. The number of primary amides is 1. The first-order chi connectivity index (χ1) is 21.2. The van der Waals surface area contributed by atoms with Crippen LogP contribution in [0.5, 0.6) is 11.5 Å². The van der Waals surface area contributed by atoms with E-state index in [0.717, 1.165) is 31.0 Å². The molecule has 0 bridgehead atoms. The number of ether oxygens (including phenoxy) is 2. The molecule has 0 saturated heterocycles. The summed E-state index contributed by atoms with van der Waals surface area (Å²) in [6, 6.07) is 5.95. The summed E-state index contributed by atoms with van der Waals surface area (Å²) in [6.07, 6.45) is -1.88. The van der Waals surface area contributed by atoms with E-state index in [9.17, 15) is 36.6 Å². The van der Waals surface area contributed by atoms with E-state index in [-0.39, 0.29) is 28.7 Å². The van der Waals surface area contributed by atoms with Crippen LogP contribution < -0.4 is 20.5 Å². The molecule has 2 amide bonds. The van der Waals surface area contributed by atoms with Gasteiger partial charge in [-0.05, 0) is 56.2 Å². The van der Waals surface area contributed by atoms with Crippen molar-refractivity contribution in [3.63, 3.8) is 0 Å². The first-order valence-electron chi connectivity index (χ1n) is 13.7. The van der Waals surface area contributed by atoms with Gasteiger partial charge in [0.2, 0.25) is 11.5 Å². The molecule has 2 aromatic carbocycles. The Morgan fingerprint density at radius 1 is 1.20 bits per heavy atom. The molecule has 1 aliphatic carbocycles. The molecule has 15 heteroatoms. The molecule has 1 aliphatic heterocycles. The summed E-state index contributed by atoms with van der Waals surface area (Å²) in [5.41, 5.74) is -2.15. The predicted octanol–water partition coefficient (Wildman–Crippen LogP) is 4.04.